The average Bonchev–Trinajstić information content (AvgIpc) is 2.47. The Morgan fingerprint density at radius 2 is 2.30 bits per heavy atom. The van der Waals surface area contributed by atoms with Gasteiger partial charge in [-0.2, -0.15) is 0 Å². The molecule has 1 fully saturated rings. The predicted molar refractivity (Wildman–Crippen MR) is 79.7 cm³/mol. The first kappa shape index (κ1) is 14.9. The van der Waals surface area contributed by atoms with Gasteiger partial charge in [-0.3, -0.25) is 4.79 Å². The lowest BCUT2D eigenvalue weighted by Gasteiger charge is -2.28. The van der Waals surface area contributed by atoms with Crippen molar-refractivity contribution in [3.8, 4) is 5.75 Å². The minimum Gasteiger partial charge on any atom is -0.497 e. The number of nitrogens with one attached hydrogen (secondary N) is 2. The van der Waals surface area contributed by atoms with Crippen LogP contribution >= 0.6 is 0 Å². The van der Waals surface area contributed by atoms with Crippen molar-refractivity contribution in [2.75, 3.05) is 13.7 Å². The van der Waals surface area contributed by atoms with Crippen LogP contribution in [0.5, 0.6) is 5.75 Å². The molecule has 2 unspecified atom stereocenters. The second kappa shape index (κ2) is 6.75. The number of carbonyl (C=O) groups is 1. The lowest BCUT2D eigenvalue weighted by atomic mass is 9.92. The van der Waals surface area contributed by atoms with Crippen LogP contribution in [0.4, 0.5) is 0 Å². The van der Waals surface area contributed by atoms with Crippen LogP contribution in [0.2, 0.25) is 0 Å². The fraction of sp³-hybridized carbons (Fsp3) is 0.562. The zero-order chi connectivity index (χ0) is 14.5. The average molecular weight is 276 g/mol. The van der Waals surface area contributed by atoms with Crippen LogP contribution in [-0.4, -0.2) is 25.6 Å². The molecular weight excluding hydrogens is 252 g/mol. The third-order valence-electron chi connectivity index (χ3n) is 3.95. The van der Waals surface area contributed by atoms with Crippen molar-refractivity contribution in [3.63, 3.8) is 0 Å². The SMILES string of the molecule is COc1cccc([C@@H](C)NC(=O)C2CCNC(C)C2)c1. The topological polar surface area (TPSA) is 50.4 Å². The van der Waals surface area contributed by atoms with Gasteiger partial charge in [0.2, 0.25) is 5.91 Å². The van der Waals surface area contributed by atoms with Crippen molar-refractivity contribution in [1.29, 1.82) is 0 Å². The van der Waals surface area contributed by atoms with E-state index >= 15 is 0 Å². The first-order valence-corrected chi connectivity index (χ1v) is 7.28. The monoisotopic (exact) mass is 276 g/mol. The molecule has 4 nitrogen and oxygen atoms in total. The quantitative estimate of drug-likeness (QED) is 0.887. The molecule has 2 rings (SSSR count). The van der Waals surface area contributed by atoms with E-state index in [0.717, 1.165) is 30.7 Å². The molecule has 1 aliphatic heterocycles. The van der Waals surface area contributed by atoms with Crippen molar-refractivity contribution < 1.29 is 9.53 Å². The van der Waals surface area contributed by atoms with Crippen molar-refractivity contribution in [2.45, 2.75) is 38.8 Å². The van der Waals surface area contributed by atoms with Gasteiger partial charge >= 0.3 is 0 Å². The minimum atomic E-state index is 0.00259. The van der Waals surface area contributed by atoms with Gasteiger partial charge in [0, 0.05) is 12.0 Å². The molecule has 1 amide bonds. The van der Waals surface area contributed by atoms with E-state index in [1.165, 1.54) is 0 Å². The molecule has 0 bridgehead atoms. The molecule has 4 heteroatoms. The molecule has 1 aromatic rings. The van der Waals surface area contributed by atoms with Gasteiger partial charge in [0.15, 0.2) is 0 Å². The standard InChI is InChI=1S/C16H24N2O2/c1-11-9-14(7-8-17-11)16(19)18-12(2)13-5-4-6-15(10-13)20-3/h4-6,10-12,14,17H,7-9H2,1-3H3,(H,18,19)/t11?,12-,14?/m1/s1. The van der Waals surface area contributed by atoms with E-state index in [2.05, 4.69) is 17.6 Å². The second-order valence-electron chi connectivity index (χ2n) is 5.58. The summed E-state index contributed by atoms with van der Waals surface area (Å²) in [6.45, 7) is 5.06. The van der Waals surface area contributed by atoms with Gasteiger partial charge in [0.1, 0.15) is 5.75 Å². The van der Waals surface area contributed by atoms with E-state index in [4.69, 9.17) is 4.74 Å². The summed E-state index contributed by atoms with van der Waals surface area (Å²) in [4.78, 5) is 12.3. The first-order valence-electron chi connectivity index (χ1n) is 7.28. The summed E-state index contributed by atoms with van der Waals surface area (Å²) in [6, 6.07) is 8.26. The summed E-state index contributed by atoms with van der Waals surface area (Å²) >= 11 is 0. The minimum absolute atomic E-state index is 0.00259. The maximum absolute atomic E-state index is 12.3. The van der Waals surface area contributed by atoms with Gasteiger partial charge in [-0.15, -0.1) is 0 Å². The number of carbonyl (C=O) groups excluding carboxylic acids is 1. The largest absolute Gasteiger partial charge is 0.497 e. The lowest BCUT2D eigenvalue weighted by Crippen LogP contribution is -2.42. The molecule has 0 radical (unpaired) electrons. The van der Waals surface area contributed by atoms with Crippen LogP contribution in [0.15, 0.2) is 24.3 Å². The maximum atomic E-state index is 12.3. The molecule has 1 aliphatic rings. The highest BCUT2D eigenvalue weighted by molar-refractivity contribution is 5.79. The Balaban J connectivity index is 1.96. The number of piperidine rings is 1. The fourth-order valence-corrected chi connectivity index (χ4v) is 2.70. The van der Waals surface area contributed by atoms with Gasteiger partial charge in [-0.05, 0) is 50.9 Å². The zero-order valence-corrected chi connectivity index (χ0v) is 12.5. The molecule has 110 valence electrons. The Morgan fingerprint density at radius 3 is 3.00 bits per heavy atom. The fourth-order valence-electron chi connectivity index (χ4n) is 2.70. The highest BCUT2D eigenvalue weighted by atomic mass is 16.5. The van der Waals surface area contributed by atoms with Gasteiger partial charge in [0.25, 0.3) is 0 Å². The summed E-state index contributed by atoms with van der Waals surface area (Å²) in [5.41, 5.74) is 1.07. The smallest absolute Gasteiger partial charge is 0.223 e. The van der Waals surface area contributed by atoms with E-state index in [0.29, 0.717) is 6.04 Å². The number of hydrogen-bond donors (Lipinski definition) is 2. The highest BCUT2D eigenvalue weighted by Crippen LogP contribution is 2.21. The zero-order valence-electron chi connectivity index (χ0n) is 12.5. The Hall–Kier alpha value is -1.55. The molecular formula is C16H24N2O2. The van der Waals surface area contributed by atoms with Crippen LogP contribution in [0.25, 0.3) is 0 Å². The number of benzene rings is 1. The van der Waals surface area contributed by atoms with E-state index < -0.39 is 0 Å². The number of rotatable bonds is 4. The Bertz CT molecular complexity index is 462. The van der Waals surface area contributed by atoms with Crippen molar-refractivity contribution in [1.82, 2.24) is 10.6 Å². The second-order valence-corrected chi connectivity index (χ2v) is 5.58. The van der Waals surface area contributed by atoms with Gasteiger partial charge < -0.3 is 15.4 Å². The van der Waals surface area contributed by atoms with E-state index in [-0.39, 0.29) is 17.9 Å². The molecule has 0 spiro atoms. The van der Waals surface area contributed by atoms with Crippen LogP contribution in [0.1, 0.15) is 38.3 Å². The molecule has 2 N–H and O–H groups in total. The third-order valence-corrected chi connectivity index (χ3v) is 3.95. The molecule has 1 heterocycles. The van der Waals surface area contributed by atoms with E-state index in [9.17, 15) is 4.79 Å². The van der Waals surface area contributed by atoms with Crippen LogP contribution < -0.4 is 15.4 Å². The molecule has 0 saturated carbocycles. The summed E-state index contributed by atoms with van der Waals surface area (Å²) in [7, 11) is 1.65. The van der Waals surface area contributed by atoms with E-state index in [1.807, 2.05) is 31.2 Å². The van der Waals surface area contributed by atoms with Crippen LogP contribution in [0.3, 0.4) is 0 Å². The summed E-state index contributed by atoms with van der Waals surface area (Å²) in [5.74, 6) is 1.10. The first-order chi connectivity index (χ1) is 9.60. The van der Waals surface area contributed by atoms with Crippen molar-refractivity contribution in [2.24, 2.45) is 5.92 Å². The summed E-state index contributed by atoms with van der Waals surface area (Å²) in [6.07, 6.45) is 1.83. The molecule has 1 saturated heterocycles. The molecule has 0 aromatic heterocycles. The number of hydrogen-bond acceptors (Lipinski definition) is 3. The highest BCUT2D eigenvalue weighted by Gasteiger charge is 2.25. The van der Waals surface area contributed by atoms with Crippen LogP contribution in [0, 0.1) is 5.92 Å². The number of ether oxygens (including phenoxy) is 1. The van der Waals surface area contributed by atoms with Crippen molar-refractivity contribution >= 4 is 5.91 Å². The summed E-state index contributed by atoms with van der Waals surface area (Å²) < 4.78 is 5.22. The Kier molecular flexibility index (Phi) is 5.01. The number of amides is 1. The Labute approximate surface area is 120 Å². The molecule has 3 atom stereocenters. The third kappa shape index (κ3) is 3.73. The Morgan fingerprint density at radius 1 is 1.50 bits per heavy atom. The summed E-state index contributed by atoms with van der Waals surface area (Å²) in [5, 5.41) is 6.49. The molecule has 0 aliphatic carbocycles. The molecule has 20 heavy (non-hydrogen) atoms. The van der Waals surface area contributed by atoms with Crippen molar-refractivity contribution in [3.05, 3.63) is 29.8 Å². The number of methoxy groups -OCH3 is 1. The lowest BCUT2D eigenvalue weighted by molar-refractivity contribution is -0.126. The van der Waals surface area contributed by atoms with Gasteiger partial charge in [-0.1, -0.05) is 12.1 Å². The van der Waals surface area contributed by atoms with Gasteiger partial charge in [-0.25, -0.2) is 0 Å². The van der Waals surface area contributed by atoms with E-state index in [1.54, 1.807) is 7.11 Å². The maximum Gasteiger partial charge on any atom is 0.223 e. The van der Waals surface area contributed by atoms with Gasteiger partial charge in [0.05, 0.1) is 13.2 Å². The molecule has 1 aromatic carbocycles. The normalized spacial score (nSPS) is 23.9. The predicted octanol–water partition coefficient (Wildman–Crippen LogP) is 2.26. The van der Waals surface area contributed by atoms with Crippen LogP contribution in [-0.2, 0) is 4.79 Å².